The third kappa shape index (κ3) is 2.14. The van der Waals surface area contributed by atoms with Gasteiger partial charge in [0.1, 0.15) is 36.0 Å². The standard InChI is InChI=1S/C40H48N4O2/c1-5-23-21-43(3)17-15-37-27-11-7-10-14-30(27)42-36-34-26-20-32-38(16-18-44(32,4)22-24(26)6-2)28-12-8-9-13-29(28)41(40(34,38)46)35(36)33(39(37,42)45)25(23)19-31(37)43/h5-14,25-26,31-36,45-46H,15-22H2,1-4H3/q+2/b23-5-,24-6?/t25-,26-,31-,32-,33?,34?,35+,36+,37+,38+,39+,40+,43-,44-/m0/s1. The van der Waals surface area contributed by atoms with E-state index in [9.17, 15) is 10.2 Å². The zero-order chi connectivity index (χ0) is 31.0. The van der Waals surface area contributed by atoms with E-state index in [0.717, 1.165) is 60.8 Å². The van der Waals surface area contributed by atoms with Gasteiger partial charge in [0.15, 0.2) is 11.4 Å². The molecule has 0 radical (unpaired) electrons. The van der Waals surface area contributed by atoms with Crippen molar-refractivity contribution in [3.05, 3.63) is 83.0 Å². The number of piperidine rings is 2. The number of anilines is 2. The van der Waals surface area contributed by atoms with Gasteiger partial charge in [-0.3, -0.25) is 0 Å². The van der Waals surface area contributed by atoms with Crippen molar-refractivity contribution in [1.29, 1.82) is 0 Å². The highest BCUT2D eigenvalue weighted by Gasteiger charge is 2.91. The van der Waals surface area contributed by atoms with Gasteiger partial charge in [-0.25, -0.2) is 0 Å². The summed E-state index contributed by atoms with van der Waals surface area (Å²) < 4.78 is 2.10. The average Bonchev–Trinajstić information content (AvgIpc) is 3.81. The Hall–Kier alpha value is -2.64. The van der Waals surface area contributed by atoms with Crippen molar-refractivity contribution < 1.29 is 19.2 Å². The molecule has 8 heterocycles. The summed E-state index contributed by atoms with van der Waals surface area (Å²) in [7, 11) is 4.97. The molecule has 2 aromatic rings. The fourth-order valence-electron chi connectivity index (χ4n) is 16.1. The van der Waals surface area contributed by atoms with Crippen molar-refractivity contribution >= 4 is 11.4 Å². The van der Waals surface area contributed by atoms with Gasteiger partial charge < -0.3 is 29.0 Å². The largest absolute Gasteiger partial charge is 0.369 e. The zero-order valence-corrected chi connectivity index (χ0v) is 27.7. The minimum atomic E-state index is -0.974. The molecular formula is C40H48N4O2+2. The van der Waals surface area contributed by atoms with E-state index in [1.807, 2.05) is 0 Å². The van der Waals surface area contributed by atoms with Gasteiger partial charge in [0.2, 0.25) is 0 Å². The Morgan fingerprint density at radius 2 is 1.09 bits per heavy atom. The van der Waals surface area contributed by atoms with Gasteiger partial charge in [-0.1, -0.05) is 48.6 Å². The van der Waals surface area contributed by atoms with E-state index in [4.69, 9.17) is 0 Å². The summed E-state index contributed by atoms with van der Waals surface area (Å²) >= 11 is 0. The number of rotatable bonds is 0. The molecule has 238 valence electrons. The molecule has 8 aliphatic heterocycles. The van der Waals surface area contributed by atoms with Gasteiger partial charge in [0, 0.05) is 60.7 Å². The van der Waals surface area contributed by atoms with Crippen LogP contribution in [0.2, 0.25) is 0 Å². The van der Waals surface area contributed by atoms with Crippen LogP contribution < -0.4 is 9.80 Å². The molecule has 2 unspecified atom stereocenters. The molecule has 2 spiro atoms. The van der Waals surface area contributed by atoms with Crippen LogP contribution in [0.15, 0.2) is 71.8 Å². The van der Waals surface area contributed by atoms with Gasteiger partial charge in [-0.05, 0) is 48.3 Å². The number of fused-ring (bicyclic) bond motifs is 13. The molecule has 2 aromatic carbocycles. The maximum absolute atomic E-state index is 14.2. The Bertz CT molecular complexity index is 1740. The predicted octanol–water partition coefficient (Wildman–Crippen LogP) is 4.27. The first-order valence-corrected chi connectivity index (χ1v) is 18.4. The molecule has 10 aliphatic rings. The molecule has 6 saturated heterocycles. The van der Waals surface area contributed by atoms with Crippen molar-refractivity contribution in [2.75, 3.05) is 50.1 Å². The number of nitrogens with zero attached hydrogens (tertiary/aromatic N) is 4. The molecule has 46 heavy (non-hydrogen) atoms. The number of allylic oxidation sites excluding steroid dienone is 2. The lowest BCUT2D eigenvalue weighted by molar-refractivity contribution is -0.925. The van der Waals surface area contributed by atoms with Crippen LogP contribution in [-0.2, 0) is 10.8 Å². The Morgan fingerprint density at radius 3 is 1.50 bits per heavy atom. The maximum atomic E-state index is 14.2. The summed E-state index contributed by atoms with van der Waals surface area (Å²) in [6, 6.07) is 19.3. The SMILES string of the molecule is CC=C1C[N@+]2(C)CC[C@@]34c5ccccc5N5[C@@H]6C7[C@H]8C[C@H]9[C@@]%10(CC[N@@+]9(C)C/C8=C/C)c8ccccc8N([C@@H]6C([C@H]1C[C@@H]32)[C@]54O)[C@@]7%10O. The third-order valence-electron chi connectivity index (χ3n) is 17.2. The molecule has 0 aromatic heterocycles. The number of quaternary nitrogens is 2. The van der Waals surface area contributed by atoms with Crippen molar-refractivity contribution in [2.24, 2.45) is 23.7 Å². The van der Waals surface area contributed by atoms with Gasteiger partial charge in [0.05, 0.1) is 39.3 Å². The van der Waals surface area contributed by atoms with Crippen LogP contribution in [0.1, 0.15) is 50.7 Å². The summed E-state index contributed by atoms with van der Waals surface area (Å²) in [6.07, 6.45) is 9.18. The highest BCUT2D eigenvalue weighted by molar-refractivity contribution is 5.78. The molecule has 0 amide bonds. The highest BCUT2D eigenvalue weighted by Crippen LogP contribution is 2.80. The molecule has 2 N–H and O–H groups in total. The fraction of sp³-hybridized carbons (Fsp3) is 0.600. The van der Waals surface area contributed by atoms with Crippen LogP contribution in [0.5, 0.6) is 0 Å². The van der Waals surface area contributed by atoms with Gasteiger partial charge in [-0.15, -0.1) is 0 Å². The molecule has 14 atom stereocenters. The minimum Gasteiger partial charge on any atom is -0.369 e. The predicted molar refractivity (Wildman–Crippen MR) is 178 cm³/mol. The van der Waals surface area contributed by atoms with Gasteiger partial charge in [-0.2, -0.15) is 0 Å². The quantitative estimate of drug-likeness (QED) is 0.343. The lowest BCUT2D eigenvalue weighted by Crippen LogP contribution is -2.77. The molecule has 12 rings (SSSR count). The lowest BCUT2D eigenvalue weighted by Gasteiger charge is -2.62. The minimum absolute atomic E-state index is 0.0354. The molecule has 8 fully saturated rings. The molecule has 2 aliphatic carbocycles. The van der Waals surface area contributed by atoms with E-state index in [-0.39, 0.29) is 34.7 Å². The second-order valence-corrected chi connectivity index (χ2v) is 17.9. The van der Waals surface area contributed by atoms with Crippen molar-refractivity contribution in [2.45, 2.75) is 86.0 Å². The first-order chi connectivity index (χ1) is 22.2. The first kappa shape index (κ1) is 26.3. The second-order valence-electron chi connectivity index (χ2n) is 17.9. The van der Waals surface area contributed by atoms with Crippen LogP contribution in [0.3, 0.4) is 0 Å². The molecular weight excluding hydrogens is 568 g/mol. The van der Waals surface area contributed by atoms with Gasteiger partial charge in [0.25, 0.3) is 0 Å². The highest BCUT2D eigenvalue weighted by atomic mass is 16.3. The smallest absolute Gasteiger partial charge is 0.159 e. The maximum Gasteiger partial charge on any atom is 0.159 e. The topological polar surface area (TPSA) is 46.9 Å². The van der Waals surface area contributed by atoms with E-state index in [2.05, 4.69) is 98.4 Å². The number of aliphatic hydroxyl groups is 2. The Balaban J connectivity index is 1.20. The van der Waals surface area contributed by atoms with Crippen molar-refractivity contribution in [3.63, 3.8) is 0 Å². The third-order valence-corrected chi connectivity index (χ3v) is 17.2. The summed E-state index contributed by atoms with van der Waals surface area (Å²) in [5, 5.41) is 28.4. The normalized spacial score (nSPS) is 56.7. The van der Waals surface area contributed by atoms with E-state index in [0.29, 0.717) is 23.9 Å². The summed E-state index contributed by atoms with van der Waals surface area (Å²) in [5.41, 5.74) is 5.92. The first-order valence-electron chi connectivity index (χ1n) is 18.4. The summed E-state index contributed by atoms with van der Waals surface area (Å²) in [6.45, 7) is 8.92. The number of para-hydroxylation sites is 2. The summed E-state index contributed by atoms with van der Waals surface area (Å²) in [5.74, 6) is 0.713. The van der Waals surface area contributed by atoms with Crippen molar-refractivity contribution in [3.8, 4) is 0 Å². The fourth-order valence-corrected chi connectivity index (χ4v) is 16.1. The Labute approximate surface area is 272 Å². The number of likely N-dealkylation sites (N-methyl/N-ethyl adjacent to an activating group) is 2. The van der Waals surface area contributed by atoms with Crippen LogP contribution in [-0.4, -0.2) is 95.1 Å². The van der Waals surface area contributed by atoms with Gasteiger partial charge >= 0.3 is 0 Å². The number of hydrogen-bond donors (Lipinski definition) is 2. The average molecular weight is 617 g/mol. The summed E-state index contributed by atoms with van der Waals surface area (Å²) in [4.78, 5) is 5.24. The van der Waals surface area contributed by atoms with E-state index < -0.39 is 11.4 Å². The molecule has 4 bridgehead atoms. The van der Waals surface area contributed by atoms with Crippen LogP contribution >= 0.6 is 0 Å². The van der Waals surface area contributed by atoms with E-state index >= 15 is 0 Å². The van der Waals surface area contributed by atoms with Crippen LogP contribution in [0.4, 0.5) is 11.4 Å². The lowest BCUT2D eigenvalue weighted by atomic mass is 9.52. The van der Waals surface area contributed by atoms with E-state index in [1.165, 1.54) is 22.5 Å². The molecule has 6 heteroatoms. The Morgan fingerprint density at radius 1 is 0.674 bits per heavy atom. The number of benzene rings is 2. The monoisotopic (exact) mass is 616 g/mol. The number of hydrogen-bond acceptors (Lipinski definition) is 4. The zero-order valence-electron chi connectivity index (χ0n) is 27.7. The van der Waals surface area contributed by atoms with E-state index in [1.54, 1.807) is 11.1 Å². The van der Waals surface area contributed by atoms with Crippen LogP contribution in [0.25, 0.3) is 0 Å². The molecule has 6 nitrogen and oxygen atoms in total. The second kappa shape index (κ2) is 7.34. The molecule has 2 saturated carbocycles. The van der Waals surface area contributed by atoms with Crippen LogP contribution in [0, 0.1) is 23.7 Å². The van der Waals surface area contributed by atoms with Crippen molar-refractivity contribution in [1.82, 2.24) is 0 Å². The Kier molecular flexibility index (Phi) is 4.20.